The van der Waals surface area contributed by atoms with Gasteiger partial charge in [-0.1, -0.05) is 18.2 Å². The average molecular weight is 369 g/mol. The molecule has 6 heteroatoms. The zero-order chi connectivity index (χ0) is 17.8. The Bertz CT molecular complexity index is 866. The maximum absolute atomic E-state index is 9.42. The van der Waals surface area contributed by atoms with Crippen LogP contribution in [-0.2, 0) is 6.42 Å². The van der Waals surface area contributed by atoms with Gasteiger partial charge in [0.05, 0.1) is 0 Å². The zero-order valence-corrected chi connectivity index (χ0v) is 15.6. The smallest absolute Gasteiger partial charge is 0.134 e. The molecule has 0 aliphatic carbocycles. The van der Waals surface area contributed by atoms with Crippen LogP contribution in [0.5, 0.6) is 0 Å². The van der Waals surface area contributed by atoms with Crippen molar-refractivity contribution in [1.29, 1.82) is 0 Å². The predicted molar refractivity (Wildman–Crippen MR) is 108 cm³/mol. The topological polar surface area (TPSA) is 61.3 Å². The molecule has 2 aromatic heterocycles. The fourth-order valence-corrected chi connectivity index (χ4v) is 4.59. The van der Waals surface area contributed by atoms with Gasteiger partial charge in [-0.05, 0) is 47.6 Å². The van der Waals surface area contributed by atoms with Crippen LogP contribution < -0.4 is 10.2 Å². The molecular weight excluding hydrogens is 344 g/mol. The van der Waals surface area contributed by atoms with Crippen LogP contribution >= 0.6 is 11.3 Å². The Labute approximate surface area is 157 Å². The SMILES string of the molecule is OC[C@H]1CCCN(c2cc(NCCc3csc4ccccc34)ncn2)C1. The van der Waals surface area contributed by atoms with Crippen molar-refractivity contribution in [3.63, 3.8) is 0 Å². The predicted octanol–water partition coefficient (Wildman–Crippen LogP) is 3.55. The molecule has 3 aromatic rings. The molecule has 1 atom stereocenters. The van der Waals surface area contributed by atoms with Crippen molar-refractivity contribution in [3.8, 4) is 0 Å². The summed E-state index contributed by atoms with van der Waals surface area (Å²) in [5.74, 6) is 2.16. The van der Waals surface area contributed by atoms with E-state index in [1.165, 1.54) is 15.6 Å². The summed E-state index contributed by atoms with van der Waals surface area (Å²) >= 11 is 1.80. The van der Waals surface area contributed by atoms with E-state index >= 15 is 0 Å². The van der Waals surface area contributed by atoms with Gasteiger partial charge in [0.25, 0.3) is 0 Å². The van der Waals surface area contributed by atoms with Crippen molar-refractivity contribution in [2.24, 2.45) is 5.92 Å². The van der Waals surface area contributed by atoms with Crippen molar-refractivity contribution in [3.05, 3.63) is 47.6 Å². The van der Waals surface area contributed by atoms with Crippen LogP contribution in [0.2, 0.25) is 0 Å². The first-order valence-corrected chi connectivity index (χ1v) is 10.1. The standard InChI is InChI=1S/C20H24N4OS/c25-12-15-4-3-9-24(11-15)20-10-19(22-14-23-20)21-8-7-16-13-26-18-6-2-1-5-17(16)18/h1-2,5-6,10,13-15,25H,3-4,7-9,11-12H2,(H,21,22,23)/t15-/m0/s1. The number of fused-ring (bicyclic) bond motifs is 1. The van der Waals surface area contributed by atoms with E-state index in [0.29, 0.717) is 5.92 Å². The maximum atomic E-state index is 9.42. The third-order valence-corrected chi connectivity index (χ3v) is 6.03. The van der Waals surface area contributed by atoms with Gasteiger partial charge in [0, 0.05) is 37.0 Å². The highest BCUT2D eigenvalue weighted by Crippen LogP contribution is 2.26. The molecule has 1 aliphatic rings. The maximum Gasteiger partial charge on any atom is 0.134 e. The van der Waals surface area contributed by atoms with Gasteiger partial charge in [-0.25, -0.2) is 9.97 Å². The summed E-state index contributed by atoms with van der Waals surface area (Å²) in [4.78, 5) is 11.0. The monoisotopic (exact) mass is 368 g/mol. The fourth-order valence-electron chi connectivity index (χ4n) is 3.59. The van der Waals surface area contributed by atoms with E-state index in [4.69, 9.17) is 0 Å². The molecule has 3 heterocycles. The van der Waals surface area contributed by atoms with Crippen molar-refractivity contribution in [2.75, 3.05) is 36.5 Å². The summed E-state index contributed by atoms with van der Waals surface area (Å²) in [7, 11) is 0. The number of hydrogen-bond acceptors (Lipinski definition) is 6. The van der Waals surface area contributed by atoms with Crippen LogP contribution in [0.25, 0.3) is 10.1 Å². The molecule has 1 aliphatic heterocycles. The van der Waals surface area contributed by atoms with Crippen LogP contribution in [0, 0.1) is 5.92 Å². The highest BCUT2D eigenvalue weighted by molar-refractivity contribution is 7.17. The lowest BCUT2D eigenvalue weighted by atomic mass is 9.99. The first kappa shape index (κ1) is 17.2. The Kier molecular flexibility index (Phi) is 5.32. The number of benzene rings is 1. The number of thiophene rings is 1. The second-order valence-corrected chi connectivity index (χ2v) is 7.74. The molecule has 1 aromatic carbocycles. The number of aromatic nitrogens is 2. The molecule has 26 heavy (non-hydrogen) atoms. The van der Waals surface area contributed by atoms with Crippen LogP contribution in [0.1, 0.15) is 18.4 Å². The molecule has 5 nitrogen and oxygen atoms in total. The first-order valence-electron chi connectivity index (χ1n) is 9.20. The molecule has 0 spiro atoms. The first-order chi connectivity index (χ1) is 12.8. The summed E-state index contributed by atoms with van der Waals surface area (Å²) in [5, 5.41) is 16.5. The van der Waals surface area contributed by atoms with E-state index in [0.717, 1.165) is 50.5 Å². The largest absolute Gasteiger partial charge is 0.396 e. The number of hydrogen-bond donors (Lipinski definition) is 2. The van der Waals surface area contributed by atoms with Crippen molar-refractivity contribution < 1.29 is 5.11 Å². The molecule has 4 rings (SSSR count). The molecule has 136 valence electrons. The van der Waals surface area contributed by atoms with Crippen LogP contribution in [0.3, 0.4) is 0 Å². The molecule has 1 fully saturated rings. The van der Waals surface area contributed by atoms with Gasteiger partial charge in [0.2, 0.25) is 0 Å². The third kappa shape index (κ3) is 3.81. The Morgan fingerprint density at radius 1 is 1.27 bits per heavy atom. The second kappa shape index (κ2) is 8.01. The average Bonchev–Trinajstić information content (AvgIpc) is 3.12. The van der Waals surface area contributed by atoms with Gasteiger partial charge in [0.1, 0.15) is 18.0 Å². The summed E-state index contributed by atoms with van der Waals surface area (Å²) in [6, 6.07) is 10.6. The molecule has 0 radical (unpaired) electrons. The lowest BCUT2D eigenvalue weighted by Gasteiger charge is -2.32. The van der Waals surface area contributed by atoms with Gasteiger partial charge >= 0.3 is 0 Å². The van der Waals surface area contributed by atoms with Gasteiger partial charge in [-0.15, -0.1) is 11.3 Å². The van der Waals surface area contributed by atoms with Gasteiger partial charge in [0.15, 0.2) is 0 Å². The number of nitrogens with one attached hydrogen (secondary N) is 1. The highest BCUT2D eigenvalue weighted by atomic mass is 32.1. The number of aliphatic hydroxyl groups is 1. The number of rotatable bonds is 6. The second-order valence-electron chi connectivity index (χ2n) is 6.83. The lowest BCUT2D eigenvalue weighted by molar-refractivity contribution is 0.208. The van der Waals surface area contributed by atoms with Crippen LogP contribution in [-0.4, -0.2) is 41.3 Å². The molecule has 2 N–H and O–H groups in total. The molecule has 0 bridgehead atoms. The summed E-state index contributed by atoms with van der Waals surface area (Å²) in [6.45, 7) is 2.96. The normalized spacial score (nSPS) is 17.6. The quantitative estimate of drug-likeness (QED) is 0.697. The Balaban J connectivity index is 1.38. The van der Waals surface area contributed by atoms with E-state index in [2.05, 4.69) is 49.8 Å². The minimum atomic E-state index is 0.251. The van der Waals surface area contributed by atoms with E-state index in [1.54, 1.807) is 17.7 Å². The number of aliphatic hydroxyl groups excluding tert-OH is 1. The van der Waals surface area contributed by atoms with E-state index in [9.17, 15) is 5.11 Å². The van der Waals surface area contributed by atoms with Crippen molar-refractivity contribution in [2.45, 2.75) is 19.3 Å². The van der Waals surface area contributed by atoms with Crippen molar-refractivity contribution >= 4 is 33.1 Å². The molecule has 0 unspecified atom stereocenters. The minimum absolute atomic E-state index is 0.251. The number of nitrogens with zero attached hydrogens (tertiary/aromatic N) is 3. The van der Waals surface area contributed by atoms with E-state index in [1.807, 2.05) is 6.07 Å². The highest BCUT2D eigenvalue weighted by Gasteiger charge is 2.20. The Morgan fingerprint density at radius 2 is 2.19 bits per heavy atom. The third-order valence-electron chi connectivity index (χ3n) is 5.02. The molecule has 0 saturated carbocycles. The van der Waals surface area contributed by atoms with Gasteiger partial charge < -0.3 is 15.3 Å². The van der Waals surface area contributed by atoms with Crippen LogP contribution in [0.15, 0.2) is 42.0 Å². The zero-order valence-electron chi connectivity index (χ0n) is 14.8. The number of anilines is 2. The lowest BCUT2D eigenvalue weighted by Crippen LogP contribution is -2.37. The van der Waals surface area contributed by atoms with E-state index in [-0.39, 0.29) is 6.61 Å². The van der Waals surface area contributed by atoms with Crippen molar-refractivity contribution in [1.82, 2.24) is 9.97 Å². The summed E-state index contributed by atoms with van der Waals surface area (Å²) in [5.41, 5.74) is 1.38. The fraction of sp³-hybridized carbons (Fsp3) is 0.400. The molecular formula is C20H24N4OS. The van der Waals surface area contributed by atoms with Crippen LogP contribution in [0.4, 0.5) is 11.6 Å². The Hall–Kier alpha value is -2.18. The number of piperidine rings is 1. The minimum Gasteiger partial charge on any atom is -0.396 e. The summed E-state index contributed by atoms with van der Waals surface area (Å²) < 4.78 is 1.34. The Morgan fingerprint density at radius 3 is 3.12 bits per heavy atom. The molecule has 1 saturated heterocycles. The van der Waals surface area contributed by atoms with Gasteiger partial charge in [-0.2, -0.15) is 0 Å². The van der Waals surface area contributed by atoms with E-state index < -0.39 is 0 Å². The molecule has 0 amide bonds. The summed E-state index contributed by atoms with van der Waals surface area (Å²) in [6.07, 6.45) is 4.79. The van der Waals surface area contributed by atoms with Gasteiger partial charge in [-0.3, -0.25) is 0 Å².